The predicted octanol–water partition coefficient (Wildman–Crippen LogP) is 3.32. The second kappa shape index (κ2) is 4.51. The zero-order chi connectivity index (χ0) is 14.6. The average molecular weight is 286 g/mol. The van der Waals surface area contributed by atoms with Gasteiger partial charge in [-0.05, 0) is 67.6 Å². The Morgan fingerprint density at radius 1 is 1.19 bits per heavy atom. The van der Waals surface area contributed by atoms with E-state index in [0.29, 0.717) is 17.8 Å². The molecule has 1 aromatic rings. The first-order chi connectivity index (χ1) is 10.1. The van der Waals surface area contributed by atoms with Crippen LogP contribution in [0.15, 0.2) is 29.8 Å². The Bertz CT molecular complexity index is 586. The van der Waals surface area contributed by atoms with Crippen molar-refractivity contribution in [3.05, 3.63) is 35.4 Å². The van der Waals surface area contributed by atoms with Crippen LogP contribution in [0.3, 0.4) is 0 Å². The molecule has 112 valence electrons. The Morgan fingerprint density at radius 2 is 1.90 bits per heavy atom. The maximum Gasteiger partial charge on any atom is 0.125 e. The van der Waals surface area contributed by atoms with E-state index in [2.05, 4.69) is 0 Å². The molecule has 1 aromatic carbocycles. The van der Waals surface area contributed by atoms with Crippen molar-refractivity contribution >= 4 is 5.76 Å². The largest absolute Gasteiger partial charge is 0.508 e. The third-order valence-electron chi connectivity index (χ3n) is 5.61. The monoisotopic (exact) mass is 286 g/mol. The molecular weight excluding hydrogens is 264 g/mol. The number of phenolic OH excluding ortho intramolecular Hbond substituents is 1. The second-order valence-corrected chi connectivity index (χ2v) is 7.11. The molecule has 0 heterocycles. The summed E-state index contributed by atoms with van der Waals surface area (Å²) in [4.78, 5) is 0. The van der Waals surface area contributed by atoms with Crippen LogP contribution in [0.1, 0.15) is 37.7 Å². The summed E-state index contributed by atoms with van der Waals surface area (Å²) in [6.07, 6.45) is 5.10. The van der Waals surface area contributed by atoms with Crippen LogP contribution >= 0.6 is 0 Å². The second-order valence-electron chi connectivity index (χ2n) is 7.11. The fourth-order valence-corrected chi connectivity index (χ4v) is 5.17. The van der Waals surface area contributed by atoms with E-state index in [0.717, 1.165) is 30.6 Å². The summed E-state index contributed by atoms with van der Waals surface area (Å²) >= 11 is 0. The van der Waals surface area contributed by atoms with E-state index in [9.17, 15) is 10.2 Å². The number of hydrogen-bond donors (Lipinski definition) is 2. The highest BCUT2D eigenvalue weighted by Gasteiger charge is 2.53. The highest BCUT2D eigenvalue weighted by Crippen LogP contribution is 2.59. The molecule has 0 spiro atoms. The third kappa shape index (κ3) is 2.06. The minimum atomic E-state index is -0.433. The number of phenols is 1. The first-order valence-corrected chi connectivity index (χ1v) is 7.88. The van der Waals surface area contributed by atoms with E-state index in [1.165, 1.54) is 18.4 Å². The number of aromatic hydroxyl groups is 1. The summed E-state index contributed by atoms with van der Waals surface area (Å²) < 4.78 is 5.74. The van der Waals surface area contributed by atoms with Gasteiger partial charge in [0.15, 0.2) is 0 Å². The minimum Gasteiger partial charge on any atom is -0.508 e. The summed E-state index contributed by atoms with van der Waals surface area (Å²) in [5.74, 6) is 2.75. The molecule has 0 aromatic heterocycles. The quantitative estimate of drug-likeness (QED) is 0.820. The van der Waals surface area contributed by atoms with Crippen LogP contribution < -0.4 is 0 Å². The fraction of sp³-hybridized carbons (Fsp3) is 0.556. The molecule has 4 saturated carbocycles. The SMILES string of the molecule is COC(=C1C2CC3CC1CC(O)(C3)C2)c1cccc(O)c1. The number of allylic oxidation sites excluding steroid dienone is 1. The molecule has 2 unspecified atom stereocenters. The van der Waals surface area contributed by atoms with Gasteiger partial charge >= 0.3 is 0 Å². The van der Waals surface area contributed by atoms with Crippen molar-refractivity contribution in [3.63, 3.8) is 0 Å². The Balaban J connectivity index is 1.80. The van der Waals surface area contributed by atoms with Gasteiger partial charge in [-0.2, -0.15) is 0 Å². The number of hydrogen-bond acceptors (Lipinski definition) is 3. The van der Waals surface area contributed by atoms with Crippen LogP contribution in [-0.2, 0) is 4.74 Å². The lowest BCUT2D eigenvalue weighted by Crippen LogP contribution is -2.51. The molecule has 5 rings (SSSR count). The van der Waals surface area contributed by atoms with Crippen molar-refractivity contribution in [1.29, 1.82) is 0 Å². The zero-order valence-corrected chi connectivity index (χ0v) is 12.4. The zero-order valence-electron chi connectivity index (χ0n) is 12.4. The van der Waals surface area contributed by atoms with Gasteiger partial charge in [0.1, 0.15) is 11.5 Å². The van der Waals surface area contributed by atoms with Crippen LogP contribution in [0, 0.1) is 17.8 Å². The number of rotatable bonds is 2. The van der Waals surface area contributed by atoms with Gasteiger partial charge < -0.3 is 14.9 Å². The first-order valence-electron chi connectivity index (χ1n) is 7.88. The van der Waals surface area contributed by atoms with Crippen molar-refractivity contribution in [2.45, 2.75) is 37.7 Å². The molecule has 0 amide bonds. The molecule has 3 nitrogen and oxygen atoms in total. The number of benzene rings is 1. The third-order valence-corrected chi connectivity index (χ3v) is 5.61. The molecule has 3 heteroatoms. The fourth-order valence-electron chi connectivity index (χ4n) is 5.17. The number of methoxy groups -OCH3 is 1. The molecular formula is C18H22O3. The van der Waals surface area contributed by atoms with Crippen LogP contribution in [0.5, 0.6) is 5.75 Å². The van der Waals surface area contributed by atoms with E-state index in [1.807, 2.05) is 12.1 Å². The Morgan fingerprint density at radius 3 is 2.48 bits per heavy atom. The van der Waals surface area contributed by atoms with Gasteiger partial charge in [0, 0.05) is 5.56 Å². The molecule has 0 radical (unpaired) electrons. The Hall–Kier alpha value is -1.48. The average Bonchev–Trinajstić information content (AvgIpc) is 2.41. The number of aliphatic hydroxyl groups is 1. The molecule has 4 aliphatic carbocycles. The van der Waals surface area contributed by atoms with Gasteiger partial charge in [0.25, 0.3) is 0 Å². The van der Waals surface area contributed by atoms with Crippen molar-refractivity contribution < 1.29 is 14.9 Å². The van der Waals surface area contributed by atoms with Crippen molar-refractivity contribution in [2.75, 3.05) is 7.11 Å². The molecule has 4 bridgehead atoms. The molecule has 21 heavy (non-hydrogen) atoms. The van der Waals surface area contributed by atoms with Crippen LogP contribution in [-0.4, -0.2) is 22.9 Å². The summed E-state index contributed by atoms with van der Waals surface area (Å²) in [5, 5.41) is 20.4. The van der Waals surface area contributed by atoms with Crippen molar-refractivity contribution in [2.24, 2.45) is 17.8 Å². The minimum absolute atomic E-state index is 0.269. The summed E-state index contributed by atoms with van der Waals surface area (Å²) in [5.41, 5.74) is 1.90. The molecule has 2 atom stereocenters. The number of ether oxygens (including phenoxy) is 1. The van der Waals surface area contributed by atoms with E-state index in [4.69, 9.17) is 4.74 Å². The van der Waals surface area contributed by atoms with Crippen molar-refractivity contribution in [1.82, 2.24) is 0 Å². The highest BCUT2D eigenvalue weighted by atomic mass is 16.5. The predicted molar refractivity (Wildman–Crippen MR) is 80.5 cm³/mol. The first kappa shape index (κ1) is 13.2. The lowest BCUT2D eigenvalue weighted by atomic mass is 9.52. The van der Waals surface area contributed by atoms with Gasteiger partial charge in [-0.25, -0.2) is 0 Å². The topological polar surface area (TPSA) is 49.7 Å². The standard InChI is InChI=1S/C18H22O3/c1-21-17(12-3-2-4-15(19)7-12)16-13-5-11-6-14(16)10-18(20,8-11)9-13/h2-4,7,11,13-14,19-20H,5-6,8-10H2,1H3. The lowest BCUT2D eigenvalue weighted by molar-refractivity contribution is -0.100. The maximum absolute atomic E-state index is 10.7. The summed E-state index contributed by atoms with van der Waals surface area (Å²) in [6.45, 7) is 0. The maximum atomic E-state index is 10.7. The van der Waals surface area contributed by atoms with Gasteiger partial charge in [0.2, 0.25) is 0 Å². The normalized spacial score (nSPS) is 36.9. The molecule has 0 saturated heterocycles. The van der Waals surface area contributed by atoms with Crippen LogP contribution in [0.4, 0.5) is 0 Å². The van der Waals surface area contributed by atoms with E-state index in [-0.39, 0.29) is 5.75 Å². The van der Waals surface area contributed by atoms with Crippen LogP contribution in [0.25, 0.3) is 5.76 Å². The van der Waals surface area contributed by atoms with E-state index < -0.39 is 5.60 Å². The summed E-state index contributed by atoms with van der Waals surface area (Å²) in [7, 11) is 1.71. The van der Waals surface area contributed by atoms with E-state index in [1.54, 1.807) is 19.2 Å². The lowest BCUT2D eigenvalue weighted by Gasteiger charge is -2.55. The van der Waals surface area contributed by atoms with Crippen LogP contribution in [0.2, 0.25) is 0 Å². The molecule has 2 N–H and O–H groups in total. The molecule has 4 fully saturated rings. The van der Waals surface area contributed by atoms with Gasteiger partial charge in [-0.3, -0.25) is 0 Å². The van der Waals surface area contributed by atoms with Crippen molar-refractivity contribution in [3.8, 4) is 5.75 Å². The van der Waals surface area contributed by atoms with Gasteiger partial charge in [-0.15, -0.1) is 0 Å². The van der Waals surface area contributed by atoms with E-state index >= 15 is 0 Å². The highest BCUT2D eigenvalue weighted by molar-refractivity contribution is 5.66. The smallest absolute Gasteiger partial charge is 0.125 e. The Kier molecular flexibility index (Phi) is 2.83. The molecule has 4 aliphatic rings. The van der Waals surface area contributed by atoms with Gasteiger partial charge in [0.05, 0.1) is 12.7 Å². The Labute approximate surface area is 125 Å². The van der Waals surface area contributed by atoms with Gasteiger partial charge in [-0.1, -0.05) is 12.1 Å². The molecule has 0 aliphatic heterocycles. The summed E-state index contributed by atoms with van der Waals surface area (Å²) in [6, 6.07) is 7.30.